The number of methoxy groups -OCH3 is 3. The molecular formula is C17H24O4. The number of hydrogen-bond donors (Lipinski definition) is 1. The maximum absolute atomic E-state index is 10.3. The summed E-state index contributed by atoms with van der Waals surface area (Å²) in [7, 11) is 4.79. The van der Waals surface area contributed by atoms with E-state index in [2.05, 4.69) is 6.92 Å². The second kappa shape index (κ2) is 6.85. The molecule has 1 aliphatic carbocycles. The molecule has 0 aliphatic heterocycles. The summed E-state index contributed by atoms with van der Waals surface area (Å²) < 4.78 is 16.0. The lowest BCUT2D eigenvalue weighted by molar-refractivity contribution is 0.126. The van der Waals surface area contributed by atoms with Gasteiger partial charge in [-0.2, -0.15) is 0 Å². The van der Waals surface area contributed by atoms with Gasteiger partial charge < -0.3 is 19.3 Å². The molecule has 2 unspecified atom stereocenters. The van der Waals surface area contributed by atoms with Gasteiger partial charge >= 0.3 is 0 Å². The van der Waals surface area contributed by atoms with Crippen molar-refractivity contribution in [3.05, 3.63) is 23.3 Å². The van der Waals surface area contributed by atoms with Crippen molar-refractivity contribution in [3.8, 4) is 17.2 Å². The van der Waals surface area contributed by atoms with Crippen LogP contribution in [-0.2, 0) is 0 Å². The summed E-state index contributed by atoms with van der Waals surface area (Å²) in [5.41, 5.74) is 2.02. The van der Waals surface area contributed by atoms with E-state index in [1.807, 2.05) is 18.2 Å². The molecule has 116 valence electrons. The Morgan fingerprint density at radius 1 is 1.10 bits per heavy atom. The number of aliphatic hydroxyl groups is 1. The van der Waals surface area contributed by atoms with Gasteiger partial charge in [0, 0.05) is 0 Å². The van der Waals surface area contributed by atoms with Crippen LogP contribution in [0.5, 0.6) is 17.2 Å². The molecule has 4 nitrogen and oxygen atoms in total. The number of hydrogen-bond acceptors (Lipinski definition) is 4. The summed E-state index contributed by atoms with van der Waals surface area (Å²) in [6.45, 7) is 2.09. The van der Waals surface area contributed by atoms with Gasteiger partial charge in [0.25, 0.3) is 0 Å². The predicted molar refractivity (Wildman–Crippen MR) is 83.1 cm³/mol. The molecule has 1 saturated carbocycles. The second-order valence-corrected chi connectivity index (χ2v) is 5.49. The van der Waals surface area contributed by atoms with Crippen molar-refractivity contribution in [3.63, 3.8) is 0 Å². The maximum Gasteiger partial charge on any atom is 0.203 e. The van der Waals surface area contributed by atoms with Gasteiger partial charge in [-0.3, -0.25) is 0 Å². The Morgan fingerprint density at radius 2 is 1.71 bits per heavy atom. The van der Waals surface area contributed by atoms with Crippen LogP contribution in [0, 0.1) is 5.92 Å². The van der Waals surface area contributed by atoms with Crippen molar-refractivity contribution in [1.82, 2.24) is 0 Å². The lowest BCUT2D eigenvalue weighted by Crippen LogP contribution is -2.24. The summed E-state index contributed by atoms with van der Waals surface area (Å²) in [4.78, 5) is 0. The minimum absolute atomic E-state index is 0.312. The molecule has 1 aliphatic rings. The lowest BCUT2D eigenvalue weighted by atomic mass is 9.83. The first-order valence-corrected chi connectivity index (χ1v) is 7.29. The van der Waals surface area contributed by atoms with Crippen molar-refractivity contribution in [2.75, 3.05) is 21.3 Å². The highest BCUT2D eigenvalue weighted by molar-refractivity contribution is 5.64. The van der Waals surface area contributed by atoms with Gasteiger partial charge in [0.2, 0.25) is 5.75 Å². The van der Waals surface area contributed by atoms with Crippen LogP contribution >= 0.6 is 0 Å². The van der Waals surface area contributed by atoms with Crippen LogP contribution in [-0.4, -0.2) is 32.5 Å². The fourth-order valence-electron chi connectivity index (χ4n) is 2.86. The van der Waals surface area contributed by atoms with E-state index in [-0.39, 0.29) is 6.10 Å². The highest BCUT2D eigenvalue weighted by atomic mass is 16.5. The van der Waals surface area contributed by atoms with Crippen LogP contribution in [0.4, 0.5) is 0 Å². The average Bonchev–Trinajstić information content (AvgIpc) is 2.50. The molecule has 0 amide bonds. The normalized spacial score (nSPS) is 24.0. The highest BCUT2D eigenvalue weighted by Crippen LogP contribution is 2.39. The minimum Gasteiger partial charge on any atom is -0.493 e. The van der Waals surface area contributed by atoms with Gasteiger partial charge in [-0.05, 0) is 48.4 Å². The standard InChI is InChI=1S/C17H24O4/c1-11-6-5-7-13(16(11)18)8-12-9-14(19-2)17(21-4)15(10-12)20-3/h8-11,16,18H,5-7H2,1-4H3/b13-8-. The minimum atomic E-state index is -0.363. The number of aliphatic hydroxyl groups excluding tert-OH is 1. The molecule has 1 aromatic carbocycles. The molecule has 1 N–H and O–H groups in total. The van der Waals surface area contributed by atoms with E-state index in [0.717, 1.165) is 30.4 Å². The van der Waals surface area contributed by atoms with Crippen molar-refractivity contribution in [1.29, 1.82) is 0 Å². The second-order valence-electron chi connectivity index (χ2n) is 5.49. The van der Waals surface area contributed by atoms with E-state index < -0.39 is 0 Å². The molecule has 0 bridgehead atoms. The van der Waals surface area contributed by atoms with Crippen molar-refractivity contribution < 1.29 is 19.3 Å². The number of ether oxygens (including phenoxy) is 3. The van der Waals surface area contributed by atoms with Crippen LogP contribution < -0.4 is 14.2 Å². The van der Waals surface area contributed by atoms with E-state index in [1.54, 1.807) is 21.3 Å². The zero-order valence-corrected chi connectivity index (χ0v) is 13.2. The molecular weight excluding hydrogens is 268 g/mol. The van der Waals surface area contributed by atoms with Crippen molar-refractivity contribution >= 4 is 6.08 Å². The first-order valence-electron chi connectivity index (χ1n) is 7.29. The van der Waals surface area contributed by atoms with Crippen molar-refractivity contribution in [2.24, 2.45) is 5.92 Å². The zero-order valence-electron chi connectivity index (χ0n) is 13.2. The molecule has 2 atom stereocenters. The Labute approximate surface area is 126 Å². The van der Waals surface area contributed by atoms with Crippen LogP contribution in [0.25, 0.3) is 6.08 Å². The summed E-state index contributed by atoms with van der Waals surface area (Å²) in [6, 6.07) is 3.81. The van der Waals surface area contributed by atoms with Gasteiger partial charge in [0.1, 0.15) is 0 Å². The Hall–Kier alpha value is -1.68. The summed E-state index contributed by atoms with van der Waals surface area (Å²) in [5.74, 6) is 2.15. The maximum atomic E-state index is 10.3. The molecule has 0 saturated heterocycles. The highest BCUT2D eigenvalue weighted by Gasteiger charge is 2.23. The smallest absolute Gasteiger partial charge is 0.203 e. The van der Waals surface area contributed by atoms with E-state index in [1.165, 1.54) is 0 Å². The predicted octanol–water partition coefficient (Wildman–Crippen LogP) is 3.28. The lowest BCUT2D eigenvalue weighted by Gasteiger charge is -2.27. The Bertz CT molecular complexity index is 497. The van der Waals surface area contributed by atoms with Gasteiger partial charge in [-0.25, -0.2) is 0 Å². The van der Waals surface area contributed by atoms with E-state index >= 15 is 0 Å². The van der Waals surface area contributed by atoms with Gasteiger partial charge in [-0.1, -0.05) is 13.0 Å². The molecule has 0 heterocycles. The first-order chi connectivity index (χ1) is 10.1. The fourth-order valence-corrected chi connectivity index (χ4v) is 2.86. The van der Waals surface area contributed by atoms with Crippen LogP contribution in [0.15, 0.2) is 17.7 Å². The van der Waals surface area contributed by atoms with Crippen molar-refractivity contribution in [2.45, 2.75) is 32.3 Å². The summed E-state index contributed by atoms with van der Waals surface area (Å²) >= 11 is 0. The monoisotopic (exact) mass is 292 g/mol. The SMILES string of the molecule is COc1cc(/C=C2/CCCC(C)C2O)cc(OC)c1OC. The Kier molecular flexibility index (Phi) is 5.12. The molecule has 21 heavy (non-hydrogen) atoms. The number of benzene rings is 1. The summed E-state index contributed by atoms with van der Waals surface area (Å²) in [6.07, 6.45) is 4.80. The molecule has 0 aromatic heterocycles. The molecule has 0 radical (unpaired) electrons. The van der Waals surface area contributed by atoms with E-state index in [9.17, 15) is 5.11 Å². The fraction of sp³-hybridized carbons (Fsp3) is 0.529. The van der Waals surface area contributed by atoms with Gasteiger partial charge in [0.05, 0.1) is 27.4 Å². The topological polar surface area (TPSA) is 47.9 Å². The summed E-state index contributed by atoms with van der Waals surface area (Å²) in [5, 5.41) is 10.3. The third kappa shape index (κ3) is 3.32. The van der Waals surface area contributed by atoms with Crippen LogP contribution in [0.1, 0.15) is 31.7 Å². The first kappa shape index (κ1) is 15.7. The van der Waals surface area contributed by atoms with Crippen LogP contribution in [0.3, 0.4) is 0 Å². The van der Waals surface area contributed by atoms with Gasteiger partial charge in [0.15, 0.2) is 11.5 Å². The Balaban J connectivity index is 2.40. The number of rotatable bonds is 4. The third-order valence-corrected chi connectivity index (χ3v) is 4.08. The zero-order chi connectivity index (χ0) is 15.4. The molecule has 2 rings (SSSR count). The van der Waals surface area contributed by atoms with Crippen LogP contribution in [0.2, 0.25) is 0 Å². The van der Waals surface area contributed by atoms with Gasteiger partial charge in [-0.15, -0.1) is 0 Å². The molecule has 0 spiro atoms. The van der Waals surface area contributed by atoms with E-state index in [0.29, 0.717) is 23.2 Å². The van der Waals surface area contributed by atoms with E-state index in [4.69, 9.17) is 14.2 Å². The molecule has 4 heteroatoms. The molecule has 1 fully saturated rings. The quantitative estimate of drug-likeness (QED) is 0.925. The largest absolute Gasteiger partial charge is 0.493 e. The molecule has 1 aromatic rings. The Morgan fingerprint density at radius 3 is 2.24 bits per heavy atom. The third-order valence-electron chi connectivity index (χ3n) is 4.08. The average molecular weight is 292 g/mol.